The highest BCUT2D eigenvalue weighted by molar-refractivity contribution is 7.71. The van der Waals surface area contributed by atoms with E-state index in [1.807, 2.05) is 6.21 Å². The van der Waals surface area contributed by atoms with Gasteiger partial charge in [0, 0.05) is 29.1 Å². The molecule has 0 aliphatic heterocycles. The van der Waals surface area contributed by atoms with E-state index < -0.39 is 0 Å². The maximum atomic E-state index is 5.49. The molecule has 0 aliphatic rings. The normalized spacial score (nSPS) is 11.6. The third kappa shape index (κ3) is 4.01. The van der Waals surface area contributed by atoms with Gasteiger partial charge >= 0.3 is 0 Å². The van der Waals surface area contributed by atoms with Crippen LogP contribution in [0.2, 0.25) is 0 Å². The Hall–Kier alpha value is -3.77. The number of rotatable bonds is 5. The number of aryl methyl sites for hydroxylation is 3. The Bertz CT molecular complexity index is 1590. The molecule has 0 amide bonds. The first-order valence-corrected chi connectivity index (χ1v) is 11.8. The van der Waals surface area contributed by atoms with Gasteiger partial charge in [0.05, 0.1) is 6.21 Å². The van der Waals surface area contributed by atoms with E-state index in [-0.39, 0.29) is 0 Å². The maximum Gasteiger partial charge on any atom is 0.216 e. The summed E-state index contributed by atoms with van der Waals surface area (Å²) in [6.45, 7) is 8.52. The molecule has 0 fully saturated rings. The number of hydrogen-bond donors (Lipinski definition) is 1. The predicted molar refractivity (Wildman–Crippen MR) is 142 cm³/mol. The zero-order valence-corrected chi connectivity index (χ0v) is 20.6. The summed E-state index contributed by atoms with van der Waals surface area (Å²) < 4.78 is 4.47. The van der Waals surface area contributed by atoms with Gasteiger partial charge in [0.25, 0.3) is 0 Å². The largest absolute Gasteiger partial charge is 0.318 e. The van der Waals surface area contributed by atoms with Crippen LogP contribution in [0.15, 0.2) is 71.8 Å². The Balaban J connectivity index is 1.49. The summed E-state index contributed by atoms with van der Waals surface area (Å²) in [5.74, 6) is 0.778. The Morgan fingerprint density at radius 1 is 0.941 bits per heavy atom. The van der Waals surface area contributed by atoms with Gasteiger partial charge in [-0.3, -0.25) is 5.10 Å². The van der Waals surface area contributed by atoms with Crippen LogP contribution in [0.25, 0.3) is 16.5 Å². The van der Waals surface area contributed by atoms with Crippen LogP contribution in [0.4, 0.5) is 0 Å². The molecule has 0 bridgehead atoms. The van der Waals surface area contributed by atoms with Gasteiger partial charge in [-0.15, -0.1) is 0 Å². The highest BCUT2D eigenvalue weighted by Gasteiger charge is 2.12. The summed E-state index contributed by atoms with van der Waals surface area (Å²) in [7, 11) is 0. The monoisotopic (exact) mass is 465 g/mol. The molecule has 0 spiro atoms. The van der Waals surface area contributed by atoms with Gasteiger partial charge in [-0.2, -0.15) is 14.9 Å². The fraction of sp³-hybridized carbons (Fsp3) is 0.179. The van der Waals surface area contributed by atoms with E-state index >= 15 is 0 Å². The smallest absolute Gasteiger partial charge is 0.216 e. The van der Waals surface area contributed by atoms with Crippen molar-refractivity contribution in [2.24, 2.45) is 5.10 Å². The lowest BCUT2D eigenvalue weighted by Crippen LogP contribution is -2.02. The molecule has 1 N–H and O–H groups in total. The van der Waals surface area contributed by atoms with E-state index in [0.717, 1.165) is 28.5 Å². The second-order valence-electron chi connectivity index (χ2n) is 8.75. The van der Waals surface area contributed by atoms with Crippen molar-refractivity contribution < 1.29 is 0 Å². The summed E-state index contributed by atoms with van der Waals surface area (Å²) in [6.07, 6.45) is 2.51. The molecule has 5 nitrogen and oxygen atoms in total. The standard InChI is InChI=1S/C28H27N5S/c1-18-12-13-25(14-19(18)2)32-20(3)15-24(21(32)4)17-29-33-27(30-31-28(33)34)16-23-10-7-9-22-8-5-6-11-26(22)23/h5-15,17H,16H2,1-4H3,(H,31,34). The number of nitrogens with one attached hydrogen (secondary N) is 1. The topological polar surface area (TPSA) is 50.9 Å². The first-order valence-electron chi connectivity index (χ1n) is 11.4. The third-order valence-electron chi connectivity index (χ3n) is 6.48. The van der Waals surface area contributed by atoms with Crippen molar-refractivity contribution >= 4 is 29.2 Å². The minimum absolute atomic E-state index is 0.481. The Kier molecular flexibility index (Phi) is 5.75. The van der Waals surface area contributed by atoms with Crippen molar-refractivity contribution in [1.29, 1.82) is 0 Å². The summed E-state index contributed by atoms with van der Waals surface area (Å²) >= 11 is 5.49. The zero-order valence-electron chi connectivity index (χ0n) is 19.8. The summed E-state index contributed by atoms with van der Waals surface area (Å²) in [4.78, 5) is 0. The van der Waals surface area contributed by atoms with Crippen LogP contribution < -0.4 is 0 Å². The first kappa shape index (κ1) is 22.0. The molecule has 0 saturated heterocycles. The summed E-state index contributed by atoms with van der Waals surface area (Å²) in [5.41, 5.74) is 8.27. The molecule has 6 heteroatoms. The zero-order chi connectivity index (χ0) is 23.8. The molecule has 0 unspecified atom stereocenters. The Morgan fingerprint density at radius 3 is 2.56 bits per heavy atom. The third-order valence-corrected chi connectivity index (χ3v) is 6.74. The molecule has 2 heterocycles. The van der Waals surface area contributed by atoms with Crippen LogP contribution in [0.1, 0.15) is 39.5 Å². The molecule has 5 aromatic rings. The van der Waals surface area contributed by atoms with Crippen molar-refractivity contribution in [2.75, 3.05) is 0 Å². The van der Waals surface area contributed by atoms with E-state index in [1.165, 1.54) is 27.5 Å². The van der Waals surface area contributed by atoms with Crippen LogP contribution in [0, 0.1) is 32.5 Å². The van der Waals surface area contributed by atoms with Crippen LogP contribution in [0.5, 0.6) is 0 Å². The molecule has 34 heavy (non-hydrogen) atoms. The van der Waals surface area contributed by atoms with Crippen LogP contribution in [-0.4, -0.2) is 25.7 Å². The molecular weight excluding hydrogens is 438 g/mol. The lowest BCUT2D eigenvalue weighted by atomic mass is 10.0. The molecule has 0 radical (unpaired) electrons. The predicted octanol–water partition coefficient (Wildman–Crippen LogP) is 6.59. The van der Waals surface area contributed by atoms with E-state index in [9.17, 15) is 0 Å². The number of H-pyrrole nitrogens is 1. The summed E-state index contributed by atoms with van der Waals surface area (Å²) in [6, 6.07) is 23.4. The molecule has 2 aromatic heterocycles. The number of aromatic amines is 1. The molecule has 5 rings (SSSR count). The molecule has 0 aliphatic carbocycles. The van der Waals surface area contributed by atoms with Gasteiger partial charge in [-0.05, 0) is 85.6 Å². The highest BCUT2D eigenvalue weighted by Crippen LogP contribution is 2.23. The Labute approximate surface area is 204 Å². The van der Waals surface area contributed by atoms with E-state index in [1.54, 1.807) is 4.68 Å². The fourth-order valence-electron chi connectivity index (χ4n) is 4.48. The van der Waals surface area contributed by atoms with Crippen molar-refractivity contribution in [3.05, 3.63) is 111 Å². The number of hydrogen-bond acceptors (Lipinski definition) is 3. The lowest BCUT2D eigenvalue weighted by molar-refractivity contribution is 0.793. The Morgan fingerprint density at radius 2 is 1.74 bits per heavy atom. The molecular formula is C28H27N5S. The van der Waals surface area contributed by atoms with Gasteiger partial charge in [-0.1, -0.05) is 48.5 Å². The van der Waals surface area contributed by atoms with Crippen molar-refractivity contribution in [3.8, 4) is 5.69 Å². The van der Waals surface area contributed by atoms with Gasteiger partial charge in [-0.25, -0.2) is 0 Å². The minimum atomic E-state index is 0.481. The van der Waals surface area contributed by atoms with Crippen LogP contribution >= 0.6 is 12.2 Å². The van der Waals surface area contributed by atoms with Crippen molar-refractivity contribution in [3.63, 3.8) is 0 Å². The quantitative estimate of drug-likeness (QED) is 0.235. The molecule has 0 saturated carbocycles. The number of fused-ring (bicyclic) bond motifs is 1. The fourth-order valence-corrected chi connectivity index (χ4v) is 4.67. The highest BCUT2D eigenvalue weighted by atomic mass is 32.1. The molecule has 170 valence electrons. The van der Waals surface area contributed by atoms with E-state index in [4.69, 9.17) is 17.3 Å². The average molecular weight is 466 g/mol. The number of aromatic nitrogens is 4. The van der Waals surface area contributed by atoms with Gasteiger partial charge in [0.1, 0.15) is 0 Å². The summed E-state index contributed by atoms with van der Waals surface area (Å²) in [5, 5.41) is 14.5. The van der Waals surface area contributed by atoms with Gasteiger partial charge < -0.3 is 4.57 Å². The second-order valence-corrected chi connectivity index (χ2v) is 9.13. The molecule has 0 atom stereocenters. The lowest BCUT2D eigenvalue weighted by Gasteiger charge is -2.11. The van der Waals surface area contributed by atoms with Gasteiger partial charge in [0.15, 0.2) is 5.82 Å². The minimum Gasteiger partial charge on any atom is -0.318 e. The van der Waals surface area contributed by atoms with Crippen LogP contribution in [-0.2, 0) is 6.42 Å². The maximum absolute atomic E-state index is 5.49. The second kappa shape index (κ2) is 8.88. The van der Waals surface area contributed by atoms with Gasteiger partial charge in [0.2, 0.25) is 4.77 Å². The number of nitrogens with zero attached hydrogens (tertiary/aromatic N) is 4. The average Bonchev–Trinajstić information content (AvgIpc) is 3.32. The first-order chi connectivity index (χ1) is 16.4. The number of benzene rings is 3. The van der Waals surface area contributed by atoms with E-state index in [0.29, 0.717) is 11.2 Å². The molecule has 3 aromatic carbocycles. The van der Waals surface area contributed by atoms with E-state index in [2.05, 4.69) is 109 Å². The van der Waals surface area contributed by atoms with Crippen molar-refractivity contribution in [2.45, 2.75) is 34.1 Å². The van der Waals surface area contributed by atoms with Crippen LogP contribution in [0.3, 0.4) is 0 Å². The SMILES string of the molecule is Cc1ccc(-n2c(C)cc(C=Nn3c(Cc4cccc5ccccc45)n[nH]c3=S)c2C)cc1C. The van der Waals surface area contributed by atoms with Crippen molar-refractivity contribution in [1.82, 2.24) is 19.4 Å².